The number of nitrogens with one attached hydrogen (secondary N) is 2. The molecule has 1 aromatic rings. The van der Waals surface area contributed by atoms with Crippen LogP contribution in [0.25, 0.3) is 0 Å². The predicted octanol–water partition coefficient (Wildman–Crippen LogP) is 1.46. The Morgan fingerprint density at radius 3 is 2.62 bits per heavy atom. The summed E-state index contributed by atoms with van der Waals surface area (Å²) >= 11 is 0. The van der Waals surface area contributed by atoms with Crippen LogP contribution < -0.4 is 10.6 Å². The Morgan fingerprint density at radius 2 is 2.05 bits per heavy atom. The van der Waals surface area contributed by atoms with Crippen LogP contribution in [0.4, 0.5) is 5.69 Å². The largest absolute Gasteiger partial charge is 0.383 e. The first kappa shape index (κ1) is 17.4. The molecule has 0 bridgehead atoms. The molecule has 1 rings (SSSR count). The normalized spacial score (nSPS) is 12.0. The van der Waals surface area contributed by atoms with E-state index in [0.717, 1.165) is 13.0 Å². The summed E-state index contributed by atoms with van der Waals surface area (Å²) in [5, 5.41) is 5.81. The van der Waals surface area contributed by atoms with E-state index in [1.165, 1.54) is 12.5 Å². The molecule has 7 heteroatoms. The van der Waals surface area contributed by atoms with Gasteiger partial charge in [0.1, 0.15) is 0 Å². The Bertz CT molecular complexity index is 597. The number of aromatic nitrogens is 1. The molecule has 0 aliphatic rings. The lowest BCUT2D eigenvalue weighted by atomic mass is 10.1. The van der Waals surface area contributed by atoms with E-state index in [4.69, 9.17) is 0 Å². The number of pyridine rings is 1. The van der Waals surface area contributed by atoms with Gasteiger partial charge in [-0.25, -0.2) is 8.42 Å². The highest BCUT2D eigenvalue weighted by atomic mass is 32.2. The van der Waals surface area contributed by atoms with Crippen LogP contribution in [0.2, 0.25) is 0 Å². The van der Waals surface area contributed by atoms with E-state index in [1.807, 2.05) is 6.92 Å². The zero-order valence-corrected chi connectivity index (χ0v) is 13.8. The molecule has 2 N–H and O–H groups in total. The number of hydrogen-bond acceptors (Lipinski definition) is 5. The molecule has 1 heterocycles. The molecule has 1 aromatic heterocycles. The summed E-state index contributed by atoms with van der Waals surface area (Å²) in [6.45, 7) is 6.00. The lowest BCUT2D eigenvalue weighted by molar-refractivity contribution is 0.0951. The Kier molecular flexibility index (Phi) is 5.71. The van der Waals surface area contributed by atoms with Crippen molar-refractivity contribution in [3.05, 3.63) is 24.0 Å². The van der Waals surface area contributed by atoms with Gasteiger partial charge in [0.15, 0.2) is 9.84 Å². The predicted molar refractivity (Wildman–Crippen MR) is 84.3 cm³/mol. The fourth-order valence-corrected chi connectivity index (χ4v) is 1.85. The second-order valence-corrected chi connectivity index (χ2v) is 8.21. The van der Waals surface area contributed by atoms with Crippen LogP contribution in [0.1, 0.15) is 37.6 Å². The van der Waals surface area contributed by atoms with Crippen LogP contribution in [-0.2, 0) is 9.84 Å². The quantitative estimate of drug-likeness (QED) is 0.795. The summed E-state index contributed by atoms with van der Waals surface area (Å²) in [6, 6.07) is 1.61. The molecule has 0 spiro atoms. The Hall–Kier alpha value is -1.63. The second-order valence-electron chi connectivity index (χ2n) is 5.56. The van der Waals surface area contributed by atoms with Gasteiger partial charge in [0.05, 0.1) is 22.2 Å². The number of rotatable bonds is 7. The Balaban J connectivity index is 2.81. The number of amides is 1. The first-order valence-corrected chi connectivity index (χ1v) is 8.74. The van der Waals surface area contributed by atoms with Gasteiger partial charge in [-0.2, -0.15) is 0 Å². The number of hydrogen-bond donors (Lipinski definition) is 2. The summed E-state index contributed by atoms with van der Waals surface area (Å²) in [6.07, 6.45) is 5.22. The molecular formula is C14H23N3O3S. The van der Waals surface area contributed by atoms with Gasteiger partial charge in [-0.05, 0) is 26.3 Å². The van der Waals surface area contributed by atoms with E-state index < -0.39 is 14.6 Å². The fourth-order valence-electron chi connectivity index (χ4n) is 1.51. The third-order valence-electron chi connectivity index (χ3n) is 3.31. The molecule has 0 radical (unpaired) electrons. The monoisotopic (exact) mass is 313 g/mol. The lowest BCUT2D eigenvalue weighted by Crippen LogP contribution is -2.43. The minimum absolute atomic E-state index is 0.0558. The Labute approximate surface area is 126 Å². The summed E-state index contributed by atoms with van der Waals surface area (Å²) < 4.78 is 22.3. The van der Waals surface area contributed by atoms with Crippen molar-refractivity contribution in [3.63, 3.8) is 0 Å². The van der Waals surface area contributed by atoms with E-state index >= 15 is 0 Å². The fraction of sp³-hybridized carbons (Fsp3) is 0.571. The molecule has 6 nitrogen and oxygen atoms in total. The highest BCUT2D eigenvalue weighted by Crippen LogP contribution is 2.16. The van der Waals surface area contributed by atoms with Crippen molar-refractivity contribution in [2.45, 2.75) is 31.9 Å². The van der Waals surface area contributed by atoms with Gasteiger partial charge in [0.2, 0.25) is 0 Å². The topological polar surface area (TPSA) is 88.2 Å². The van der Waals surface area contributed by atoms with Crippen LogP contribution in [0.5, 0.6) is 0 Å². The molecule has 0 saturated carbocycles. The van der Waals surface area contributed by atoms with E-state index in [9.17, 15) is 13.2 Å². The van der Waals surface area contributed by atoms with Crippen LogP contribution in [0, 0.1) is 0 Å². The smallest absolute Gasteiger partial charge is 0.253 e. The third kappa shape index (κ3) is 4.70. The van der Waals surface area contributed by atoms with Gasteiger partial charge in [-0.3, -0.25) is 9.78 Å². The van der Waals surface area contributed by atoms with Crippen molar-refractivity contribution < 1.29 is 13.2 Å². The molecule has 0 unspecified atom stereocenters. The van der Waals surface area contributed by atoms with Crippen LogP contribution >= 0.6 is 0 Å². The summed E-state index contributed by atoms with van der Waals surface area (Å²) in [7, 11) is -3.25. The number of carbonyl (C=O) groups excluding carboxylic acids is 1. The highest BCUT2D eigenvalue weighted by Gasteiger charge is 2.30. The Morgan fingerprint density at radius 1 is 1.38 bits per heavy atom. The second kappa shape index (κ2) is 6.89. The molecular weight excluding hydrogens is 290 g/mol. The van der Waals surface area contributed by atoms with Crippen LogP contribution in [0.3, 0.4) is 0 Å². The number of sulfone groups is 1. The average Bonchev–Trinajstić information content (AvgIpc) is 2.41. The number of nitrogens with zero attached hydrogens (tertiary/aromatic N) is 1. The molecule has 0 saturated heterocycles. The standard InChI is InChI=1S/C14H23N3O3S/c1-5-7-16-12-9-15-8-6-11(12)13(18)17-10-14(2,3)21(4,19)20/h6,8-9,16H,5,7,10H2,1-4H3,(H,17,18). The van der Waals surface area contributed by atoms with Crippen molar-refractivity contribution >= 4 is 21.4 Å². The van der Waals surface area contributed by atoms with Crippen LogP contribution in [0.15, 0.2) is 18.5 Å². The van der Waals surface area contributed by atoms with Gasteiger partial charge < -0.3 is 10.6 Å². The van der Waals surface area contributed by atoms with Crippen molar-refractivity contribution in [3.8, 4) is 0 Å². The maximum absolute atomic E-state index is 12.2. The zero-order valence-electron chi connectivity index (χ0n) is 12.9. The van der Waals surface area contributed by atoms with Gasteiger partial charge in [0, 0.05) is 25.5 Å². The van der Waals surface area contributed by atoms with E-state index in [1.54, 1.807) is 26.1 Å². The van der Waals surface area contributed by atoms with Gasteiger partial charge in [0.25, 0.3) is 5.91 Å². The van der Waals surface area contributed by atoms with Crippen molar-refractivity contribution in [1.82, 2.24) is 10.3 Å². The molecule has 0 aromatic carbocycles. The molecule has 0 aliphatic heterocycles. The van der Waals surface area contributed by atoms with Gasteiger partial charge >= 0.3 is 0 Å². The summed E-state index contributed by atoms with van der Waals surface area (Å²) in [4.78, 5) is 16.2. The van der Waals surface area contributed by atoms with Crippen molar-refractivity contribution in [2.75, 3.05) is 24.7 Å². The first-order chi connectivity index (χ1) is 9.69. The molecule has 0 aliphatic carbocycles. The van der Waals surface area contributed by atoms with E-state index in [-0.39, 0.29) is 12.5 Å². The maximum Gasteiger partial charge on any atom is 0.253 e. The highest BCUT2D eigenvalue weighted by molar-refractivity contribution is 7.92. The van der Waals surface area contributed by atoms with Crippen LogP contribution in [-0.4, -0.2) is 43.4 Å². The summed E-state index contributed by atoms with van der Waals surface area (Å²) in [5.41, 5.74) is 1.11. The first-order valence-electron chi connectivity index (χ1n) is 6.84. The summed E-state index contributed by atoms with van der Waals surface area (Å²) in [5.74, 6) is -0.312. The SMILES string of the molecule is CCCNc1cnccc1C(=O)NCC(C)(C)S(C)(=O)=O. The third-order valence-corrected chi connectivity index (χ3v) is 5.46. The number of carbonyl (C=O) groups is 1. The number of anilines is 1. The van der Waals surface area contributed by atoms with E-state index in [2.05, 4.69) is 15.6 Å². The minimum Gasteiger partial charge on any atom is -0.383 e. The molecule has 118 valence electrons. The molecule has 0 atom stereocenters. The minimum atomic E-state index is -3.25. The maximum atomic E-state index is 12.2. The lowest BCUT2D eigenvalue weighted by Gasteiger charge is -2.23. The van der Waals surface area contributed by atoms with Crippen molar-refractivity contribution in [2.24, 2.45) is 0 Å². The molecule has 21 heavy (non-hydrogen) atoms. The average molecular weight is 313 g/mol. The molecule has 0 fully saturated rings. The van der Waals surface area contributed by atoms with Crippen molar-refractivity contribution in [1.29, 1.82) is 0 Å². The van der Waals surface area contributed by atoms with Gasteiger partial charge in [-0.1, -0.05) is 6.92 Å². The zero-order chi connectivity index (χ0) is 16.1. The molecule has 1 amide bonds. The van der Waals surface area contributed by atoms with Gasteiger partial charge in [-0.15, -0.1) is 0 Å². The van der Waals surface area contributed by atoms with E-state index in [0.29, 0.717) is 11.3 Å².